The number of rotatable bonds is 4. The van der Waals surface area contributed by atoms with E-state index in [1.807, 2.05) is 0 Å². The summed E-state index contributed by atoms with van der Waals surface area (Å²) < 4.78 is 0. The Labute approximate surface area is 91.5 Å². The fraction of sp³-hybridized carbons (Fsp3) is 0.538. The fourth-order valence-corrected chi connectivity index (χ4v) is 2.28. The van der Waals surface area contributed by atoms with Gasteiger partial charge in [-0.15, -0.1) is 0 Å². The van der Waals surface area contributed by atoms with E-state index in [0.29, 0.717) is 12.5 Å². The van der Waals surface area contributed by atoms with Gasteiger partial charge >= 0.3 is 0 Å². The van der Waals surface area contributed by atoms with Crippen LogP contribution in [-0.4, -0.2) is 24.8 Å². The first kappa shape index (κ1) is 10.5. The molecule has 1 unspecified atom stereocenters. The first-order valence-corrected chi connectivity index (χ1v) is 5.75. The minimum absolute atomic E-state index is 0.302. The highest BCUT2D eigenvalue weighted by atomic mass is 16.3. The van der Waals surface area contributed by atoms with Gasteiger partial charge in [-0.05, 0) is 30.4 Å². The van der Waals surface area contributed by atoms with Gasteiger partial charge in [0.15, 0.2) is 0 Å². The average molecular weight is 205 g/mol. The standard InChI is InChI=1S/C13H19NO/c1-11(7-9-15)10-14-8-6-12-4-2-3-5-13(12)14/h2-5,11,15H,6-10H2,1H3. The SMILES string of the molecule is CC(CCO)CN1CCc2ccccc21. The molecule has 1 aromatic rings. The smallest absolute Gasteiger partial charge is 0.0434 e. The average Bonchev–Trinajstić information content (AvgIpc) is 2.62. The Morgan fingerprint density at radius 3 is 3.00 bits per heavy atom. The lowest BCUT2D eigenvalue weighted by atomic mass is 10.1. The number of benzene rings is 1. The summed E-state index contributed by atoms with van der Waals surface area (Å²) in [5.74, 6) is 0.571. The van der Waals surface area contributed by atoms with Gasteiger partial charge in [0, 0.05) is 25.4 Å². The number of aliphatic hydroxyl groups excluding tert-OH is 1. The zero-order valence-corrected chi connectivity index (χ0v) is 9.32. The maximum absolute atomic E-state index is 8.89. The molecular weight excluding hydrogens is 186 g/mol. The fourth-order valence-electron chi connectivity index (χ4n) is 2.28. The summed E-state index contributed by atoms with van der Waals surface area (Å²) in [4.78, 5) is 2.44. The molecule has 0 saturated heterocycles. The molecular formula is C13H19NO. The third kappa shape index (κ3) is 2.32. The van der Waals surface area contributed by atoms with Gasteiger partial charge < -0.3 is 10.0 Å². The van der Waals surface area contributed by atoms with Crippen molar-refractivity contribution in [3.63, 3.8) is 0 Å². The molecule has 0 aromatic heterocycles. The second-order valence-electron chi connectivity index (χ2n) is 4.44. The second kappa shape index (κ2) is 4.67. The van der Waals surface area contributed by atoms with Gasteiger partial charge in [0.05, 0.1) is 0 Å². The molecule has 1 aliphatic heterocycles. The quantitative estimate of drug-likeness (QED) is 0.813. The van der Waals surface area contributed by atoms with E-state index in [4.69, 9.17) is 5.11 Å². The normalized spacial score (nSPS) is 16.5. The molecule has 0 amide bonds. The Hall–Kier alpha value is -1.02. The van der Waals surface area contributed by atoms with Gasteiger partial charge in [-0.3, -0.25) is 0 Å². The van der Waals surface area contributed by atoms with E-state index in [1.54, 1.807) is 0 Å². The largest absolute Gasteiger partial charge is 0.396 e. The van der Waals surface area contributed by atoms with Crippen molar-refractivity contribution in [1.29, 1.82) is 0 Å². The van der Waals surface area contributed by atoms with Gasteiger partial charge in [-0.1, -0.05) is 25.1 Å². The molecule has 1 aromatic carbocycles. The Morgan fingerprint density at radius 1 is 1.40 bits per heavy atom. The van der Waals surface area contributed by atoms with Gasteiger partial charge in [0.1, 0.15) is 0 Å². The van der Waals surface area contributed by atoms with E-state index < -0.39 is 0 Å². The molecule has 2 rings (SSSR count). The molecule has 1 N–H and O–H groups in total. The van der Waals surface area contributed by atoms with Crippen LogP contribution in [0.4, 0.5) is 5.69 Å². The number of hydrogen-bond donors (Lipinski definition) is 1. The van der Waals surface area contributed by atoms with Crippen molar-refractivity contribution in [2.24, 2.45) is 5.92 Å². The monoisotopic (exact) mass is 205 g/mol. The van der Waals surface area contributed by atoms with E-state index in [1.165, 1.54) is 17.7 Å². The summed E-state index contributed by atoms with van der Waals surface area (Å²) in [5.41, 5.74) is 2.86. The van der Waals surface area contributed by atoms with Crippen molar-refractivity contribution >= 4 is 5.69 Å². The molecule has 0 spiro atoms. The number of para-hydroxylation sites is 1. The van der Waals surface area contributed by atoms with Crippen molar-refractivity contribution in [1.82, 2.24) is 0 Å². The first-order valence-electron chi connectivity index (χ1n) is 5.75. The Balaban J connectivity index is 2.01. The molecule has 0 radical (unpaired) electrons. The summed E-state index contributed by atoms with van der Waals surface area (Å²) in [6.45, 7) is 4.71. The third-order valence-electron chi connectivity index (χ3n) is 3.14. The van der Waals surface area contributed by atoms with Crippen LogP contribution in [0.15, 0.2) is 24.3 Å². The number of aliphatic hydroxyl groups is 1. The van der Waals surface area contributed by atoms with Crippen LogP contribution in [0.25, 0.3) is 0 Å². The maximum atomic E-state index is 8.89. The molecule has 82 valence electrons. The van der Waals surface area contributed by atoms with E-state index in [0.717, 1.165) is 19.5 Å². The third-order valence-corrected chi connectivity index (χ3v) is 3.14. The van der Waals surface area contributed by atoms with Crippen molar-refractivity contribution in [3.05, 3.63) is 29.8 Å². The number of fused-ring (bicyclic) bond motifs is 1. The molecule has 0 saturated carbocycles. The van der Waals surface area contributed by atoms with E-state index in [9.17, 15) is 0 Å². The Morgan fingerprint density at radius 2 is 2.20 bits per heavy atom. The summed E-state index contributed by atoms with van der Waals surface area (Å²) in [5, 5.41) is 8.89. The molecule has 15 heavy (non-hydrogen) atoms. The lowest BCUT2D eigenvalue weighted by molar-refractivity contribution is 0.263. The number of hydrogen-bond acceptors (Lipinski definition) is 2. The van der Waals surface area contributed by atoms with Crippen LogP contribution >= 0.6 is 0 Å². The van der Waals surface area contributed by atoms with E-state index >= 15 is 0 Å². The van der Waals surface area contributed by atoms with E-state index in [-0.39, 0.29) is 0 Å². The van der Waals surface area contributed by atoms with Crippen LogP contribution in [0.2, 0.25) is 0 Å². The minimum Gasteiger partial charge on any atom is -0.396 e. The van der Waals surface area contributed by atoms with Gasteiger partial charge in [0.2, 0.25) is 0 Å². The minimum atomic E-state index is 0.302. The van der Waals surface area contributed by atoms with Gasteiger partial charge in [-0.25, -0.2) is 0 Å². The van der Waals surface area contributed by atoms with Crippen LogP contribution < -0.4 is 4.90 Å². The molecule has 1 aliphatic rings. The van der Waals surface area contributed by atoms with E-state index in [2.05, 4.69) is 36.1 Å². The van der Waals surface area contributed by atoms with Crippen molar-refractivity contribution < 1.29 is 5.11 Å². The van der Waals surface area contributed by atoms with Crippen LogP contribution in [0.5, 0.6) is 0 Å². The molecule has 2 nitrogen and oxygen atoms in total. The molecule has 0 bridgehead atoms. The van der Waals surface area contributed by atoms with Crippen LogP contribution in [0.3, 0.4) is 0 Å². The van der Waals surface area contributed by atoms with Crippen molar-refractivity contribution in [2.75, 3.05) is 24.6 Å². The Kier molecular flexibility index (Phi) is 3.27. The highest BCUT2D eigenvalue weighted by Gasteiger charge is 2.19. The zero-order chi connectivity index (χ0) is 10.7. The predicted molar refractivity (Wildman–Crippen MR) is 63.2 cm³/mol. The topological polar surface area (TPSA) is 23.5 Å². The Bertz CT molecular complexity index is 324. The zero-order valence-electron chi connectivity index (χ0n) is 9.32. The highest BCUT2D eigenvalue weighted by Crippen LogP contribution is 2.28. The maximum Gasteiger partial charge on any atom is 0.0434 e. The summed E-state index contributed by atoms with van der Waals surface area (Å²) >= 11 is 0. The lowest BCUT2D eigenvalue weighted by Gasteiger charge is -2.23. The number of nitrogens with zero attached hydrogens (tertiary/aromatic N) is 1. The first-order chi connectivity index (χ1) is 7.31. The van der Waals surface area contributed by atoms with Crippen molar-refractivity contribution in [3.8, 4) is 0 Å². The van der Waals surface area contributed by atoms with Gasteiger partial charge in [-0.2, -0.15) is 0 Å². The molecule has 0 aliphatic carbocycles. The summed E-state index contributed by atoms with van der Waals surface area (Å²) in [6.07, 6.45) is 2.07. The van der Waals surface area contributed by atoms with Crippen LogP contribution in [-0.2, 0) is 6.42 Å². The van der Waals surface area contributed by atoms with Crippen LogP contribution in [0.1, 0.15) is 18.9 Å². The molecule has 2 heteroatoms. The second-order valence-corrected chi connectivity index (χ2v) is 4.44. The summed E-state index contributed by atoms with van der Waals surface area (Å²) in [7, 11) is 0. The highest BCUT2D eigenvalue weighted by molar-refractivity contribution is 5.57. The molecule has 1 atom stereocenters. The van der Waals surface area contributed by atoms with Crippen LogP contribution in [0, 0.1) is 5.92 Å². The lowest BCUT2D eigenvalue weighted by Crippen LogP contribution is -2.26. The molecule has 0 fully saturated rings. The predicted octanol–water partition coefficient (Wildman–Crippen LogP) is 2.07. The number of anilines is 1. The molecule has 1 heterocycles. The van der Waals surface area contributed by atoms with Crippen molar-refractivity contribution in [2.45, 2.75) is 19.8 Å². The summed E-state index contributed by atoms with van der Waals surface area (Å²) in [6, 6.07) is 8.63. The van der Waals surface area contributed by atoms with Gasteiger partial charge in [0.25, 0.3) is 0 Å².